The van der Waals surface area contributed by atoms with Crippen LogP contribution >= 0.6 is 0 Å². The van der Waals surface area contributed by atoms with Crippen molar-refractivity contribution >= 4 is 17.5 Å². The normalized spacial score (nSPS) is 10.8. The van der Waals surface area contributed by atoms with Crippen molar-refractivity contribution in [2.45, 2.75) is 40.5 Å². The lowest BCUT2D eigenvalue weighted by atomic mass is 10.00. The molecule has 22 heavy (non-hydrogen) atoms. The van der Waals surface area contributed by atoms with Crippen LogP contribution in [0.3, 0.4) is 0 Å². The Kier molecular flexibility index (Phi) is 6.96. The van der Waals surface area contributed by atoms with E-state index in [9.17, 15) is 14.4 Å². The first-order chi connectivity index (χ1) is 10.3. The number of hydrogen-bond donors (Lipinski definition) is 1. The summed E-state index contributed by atoms with van der Waals surface area (Å²) in [7, 11) is 0. The maximum absolute atomic E-state index is 12.0. The number of Topliss-reactive ketones (excluding diaryl/α,β-unsaturated/α-hetero) is 2. The lowest BCUT2D eigenvalue weighted by Gasteiger charge is -2.08. The Morgan fingerprint density at radius 3 is 1.95 bits per heavy atom. The molecule has 1 rings (SSSR count). The van der Waals surface area contributed by atoms with E-state index < -0.39 is 0 Å². The van der Waals surface area contributed by atoms with Gasteiger partial charge in [0.15, 0.2) is 5.78 Å². The van der Waals surface area contributed by atoms with E-state index in [0.29, 0.717) is 30.5 Å². The van der Waals surface area contributed by atoms with E-state index in [0.717, 1.165) is 0 Å². The smallest absolute Gasteiger partial charge is 0.251 e. The molecule has 0 aliphatic heterocycles. The minimum Gasteiger partial charge on any atom is -0.352 e. The molecule has 0 saturated carbocycles. The predicted molar refractivity (Wildman–Crippen MR) is 87.0 cm³/mol. The summed E-state index contributed by atoms with van der Waals surface area (Å²) in [5, 5.41) is 2.79. The fraction of sp³-hybridized carbons (Fsp3) is 0.500. The van der Waals surface area contributed by atoms with Crippen LogP contribution < -0.4 is 5.32 Å². The molecule has 0 aliphatic rings. The molecular formula is C18H25NO3. The fourth-order valence-corrected chi connectivity index (χ4v) is 1.97. The van der Waals surface area contributed by atoms with E-state index in [1.54, 1.807) is 24.3 Å². The molecule has 0 heterocycles. The highest BCUT2D eigenvalue weighted by Crippen LogP contribution is 2.10. The number of ketones is 2. The van der Waals surface area contributed by atoms with Crippen LogP contribution in [0.5, 0.6) is 0 Å². The van der Waals surface area contributed by atoms with Gasteiger partial charge in [-0.3, -0.25) is 14.4 Å². The minimum atomic E-state index is -0.180. The van der Waals surface area contributed by atoms with Crippen LogP contribution in [0.25, 0.3) is 0 Å². The average Bonchev–Trinajstić information content (AvgIpc) is 2.50. The number of benzene rings is 1. The minimum absolute atomic E-state index is 0.0433. The molecule has 0 unspecified atom stereocenters. The van der Waals surface area contributed by atoms with Gasteiger partial charge in [0.05, 0.1) is 0 Å². The third-order valence-electron chi connectivity index (χ3n) is 3.49. The van der Waals surface area contributed by atoms with E-state index >= 15 is 0 Å². The summed E-state index contributed by atoms with van der Waals surface area (Å²) in [4.78, 5) is 35.2. The Labute approximate surface area is 132 Å². The second kappa shape index (κ2) is 8.47. The Bertz CT molecular complexity index is 530. The van der Waals surface area contributed by atoms with Gasteiger partial charge in [-0.25, -0.2) is 0 Å². The molecule has 4 nitrogen and oxygen atoms in total. The lowest BCUT2D eigenvalue weighted by Crippen LogP contribution is -2.25. The molecule has 1 N–H and O–H groups in total. The van der Waals surface area contributed by atoms with Gasteiger partial charge < -0.3 is 5.32 Å². The third kappa shape index (κ3) is 5.43. The van der Waals surface area contributed by atoms with Crippen LogP contribution in [0.15, 0.2) is 24.3 Å². The zero-order chi connectivity index (χ0) is 16.7. The van der Waals surface area contributed by atoms with Gasteiger partial charge in [0.1, 0.15) is 5.78 Å². The second-order valence-electron chi connectivity index (χ2n) is 6.08. The summed E-state index contributed by atoms with van der Waals surface area (Å²) >= 11 is 0. The molecule has 4 heteroatoms. The number of rotatable bonds is 8. The van der Waals surface area contributed by atoms with E-state index in [2.05, 4.69) is 5.32 Å². The van der Waals surface area contributed by atoms with E-state index in [4.69, 9.17) is 0 Å². The molecule has 0 radical (unpaired) electrons. The molecule has 0 aromatic heterocycles. The SMILES string of the molecule is CC(C)C(=O)CCCNC(=O)c1ccc(C(=O)C(C)C)cc1. The number of hydrogen-bond acceptors (Lipinski definition) is 3. The van der Waals surface area contributed by atoms with Crippen LogP contribution in [-0.4, -0.2) is 24.0 Å². The second-order valence-corrected chi connectivity index (χ2v) is 6.08. The van der Waals surface area contributed by atoms with Crippen molar-refractivity contribution in [3.63, 3.8) is 0 Å². The summed E-state index contributed by atoms with van der Waals surface area (Å²) in [6.45, 7) is 7.93. The fourth-order valence-electron chi connectivity index (χ4n) is 1.97. The van der Waals surface area contributed by atoms with E-state index in [1.165, 1.54) is 0 Å². The van der Waals surface area contributed by atoms with Gasteiger partial charge in [-0.05, 0) is 18.6 Å². The van der Waals surface area contributed by atoms with Gasteiger partial charge in [0.25, 0.3) is 5.91 Å². The number of carbonyl (C=O) groups excluding carboxylic acids is 3. The van der Waals surface area contributed by atoms with Gasteiger partial charge in [-0.1, -0.05) is 39.8 Å². The highest BCUT2D eigenvalue weighted by molar-refractivity contribution is 5.99. The van der Waals surface area contributed by atoms with Crippen molar-refractivity contribution in [3.05, 3.63) is 35.4 Å². The standard InChI is InChI=1S/C18H25NO3/c1-12(2)16(20)6-5-11-19-18(22)15-9-7-14(8-10-15)17(21)13(3)4/h7-10,12-13H,5-6,11H2,1-4H3,(H,19,22). The predicted octanol–water partition coefficient (Wildman–Crippen LogP) is 3.26. The maximum Gasteiger partial charge on any atom is 0.251 e. The van der Waals surface area contributed by atoms with Crippen LogP contribution in [0.1, 0.15) is 61.3 Å². The molecule has 0 bridgehead atoms. The quantitative estimate of drug-likeness (QED) is 0.592. The van der Waals surface area contributed by atoms with E-state index in [1.807, 2.05) is 27.7 Å². The number of nitrogens with one attached hydrogen (secondary N) is 1. The molecule has 1 amide bonds. The van der Waals surface area contributed by atoms with Gasteiger partial charge in [0.2, 0.25) is 0 Å². The van der Waals surface area contributed by atoms with Gasteiger partial charge >= 0.3 is 0 Å². The Hall–Kier alpha value is -1.97. The van der Waals surface area contributed by atoms with Crippen molar-refractivity contribution < 1.29 is 14.4 Å². The van der Waals surface area contributed by atoms with Gasteiger partial charge in [-0.2, -0.15) is 0 Å². The molecule has 0 spiro atoms. The summed E-state index contributed by atoms with van der Waals surface area (Å²) in [5.74, 6) is 0.0883. The Balaban J connectivity index is 2.46. The first kappa shape index (κ1) is 18.1. The first-order valence-corrected chi connectivity index (χ1v) is 7.78. The molecular weight excluding hydrogens is 278 g/mol. The topological polar surface area (TPSA) is 63.2 Å². The summed E-state index contributed by atoms with van der Waals surface area (Å²) in [5.41, 5.74) is 1.14. The third-order valence-corrected chi connectivity index (χ3v) is 3.49. The average molecular weight is 303 g/mol. The summed E-state index contributed by atoms with van der Waals surface area (Å²) in [6, 6.07) is 6.67. The zero-order valence-corrected chi connectivity index (χ0v) is 13.8. The first-order valence-electron chi connectivity index (χ1n) is 7.78. The highest BCUT2D eigenvalue weighted by atomic mass is 16.1. The van der Waals surface area contributed by atoms with Crippen molar-refractivity contribution in [1.29, 1.82) is 0 Å². The highest BCUT2D eigenvalue weighted by Gasteiger charge is 2.12. The Morgan fingerprint density at radius 1 is 0.909 bits per heavy atom. The van der Waals surface area contributed by atoms with Crippen molar-refractivity contribution in [1.82, 2.24) is 5.32 Å². The molecule has 0 fully saturated rings. The molecule has 0 atom stereocenters. The lowest BCUT2D eigenvalue weighted by molar-refractivity contribution is -0.121. The van der Waals surface area contributed by atoms with Gasteiger partial charge in [0, 0.05) is 35.9 Å². The van der Waals surface area contributed by atoms with Crippen molar-refractivity contribution in [2.75, 3.05) is 6.54 Å². The molecule has 120 valence electrons. The molecule has 0 aliphatic carbocycles. The zero-order valence-electron chi connectivity index (χ0n) is 13.8. The Morgan fingerprint density at radius 2 is 1.45 bits per heavy atom. The van der Waals surface area contributed by atoms with Crippen LogP contribution in [-0.2, 0) is 4.79 Å². The monoisotopic (exact) mass is 303 g/mol. The van der Waals surface area contributed by atoms with Crippen LogP contribution in [0, 0.1) is 11.8 Å². The summed E-state index contributed by atoms with van der Waals surface area (Å²) in [6.07, 6.45) is 1.13. The molecule has 0 saturated heterocycles. The summed E-state index contributed by atoms with van der Waals surface area (Å²) < 4.78 is 0. The maximum atomic E-state index is 12.0. The number of carbonyl (C=O) groups is 3. The number of amides is 1. The van der Waals surface area contributed by atoms with Gasteiger partial charge in [-0.15, -0.1) is 0 Å². The van der Waals surface area contributed by atoms with Crippen LogP contribution in [0.2, 0.25) is 0 Å². The molecule has 1 aromatic carbocycles. The van der Waals surface area contributed by atoms with E-state index in [-0.39, 0.29) is 29.3 Å². The van der Waals surface area contributed by atoms with Crippen molar-refractivity contribution in [2.24, 2.45) is 11.8 Å². The largest absolute Gasteiger partial charge is 0.352 e. The molecule has 1 aromatic rings. The van der Waals surface area contributed by atoms with Crippen LogP contribution in [0.4, 0.5) is 0 Å². The van der Waals surface area contributed by atoms with Crippen molar-refractivity contribution in [3.8, 4) is 0 Å².